The van der Waals surface area contributed by atoms with Crippen molar-refractivity contribution in [2.24, 2.45) is 5.92 Å². The lowest BCUT2D eigenvalue weighted by Crippen LogP contribution is -2.35. The fourth-order valence-electron chi connectivity index (χ4n) is 1.57. The number of hydrogen-bond acceptors (Lipinski definition) is 6. The maximum absolute atomic E-state index is 13.4. The molecule has 25 heavy (non-hydrogen) atoms. The summed E-state index contributed by atoms with van der Waals surface area (Å²) in [6.07, 6.45) is -1.24. The first-order chi connectivity index (χ1) is 12.0. The van der Waals surface area contributed by atoms with Crippen molar-refractivity contribution in [3.63, 3.8) is 0 Å². The van der Waals surface area contributed by atoms with E-state index in [0.717, 1.165) is 0 Å². The lowest BCUT2D eigenvalue weighted by Gasteiger charge is -2.12. The van der Waals surface area contributed by atoms with Crippen molar-refractivity contribution in [3.05, 3.63) is 0 Å². The lowest BCUT2D eigenvalue weighted by atomic mass is 10.2. The monoisotopic (exact) mass is 366 g/mol. The van der Waals surface area contributed by atoms with Crippen LogP contribution in [0, 0.1) is 5.92 Å². The van der Waals surface area contributed by atoms with E-state index < -0.39 is 6.17 Å². The number of nitrogens with one attached hydrogen (secondary N) is 2. The average molecular weight is 366 g/mol. The number of alkyl halides is 1. The van der Waals surface area contributed by atoms with E-state index >= 15 is 0 Å². The van der Waals surface area contributed by atoms with Gasteiger partial charge in [-0.3, -0.25) is 9.59 Å². The summed E-state index contributed by atoms with van der Waals surface area (Å²) in [5.74, 6) is -0.524. The topological polar surface area (TPSA) is 95.1 Å². The summed E-state index contributed by atoms with van der Waals surface area (Å²) in [7, 11) is 1.45. The molecule has 0 aromatic rings. The van der Waals surface area contributed by atoms with E-state index in [1.807, 2.05) is 0 Å². The third-order valence-corrected chi connectivity index (χ3v) is 2.91. The Morgan fingerprint density at radius 3 is 2.16 bits per heavy atom. The molecule has 1 unspecified atom stereocenters. The maximum Gasteiger partial charge on any atom is 0.246 e. The van der Waals surface area contributed by atoms with Crippen LogP contribution >= 0.6 is 0 Å². The van der Waals surface area contributed by atoms with Gasteiger partial charge in [0, 0.05) is 19.6 Å². The van der Waals surface area contributed by atoms with Gasteiger partial charge in [0.25, 0.3) is 0 Å². The summed E-state index contributed by atoms with van der Waals surface area (Å²) in [6.45, 7) is 5.59. The van der Waals surface area contributed by atoms with Gasteiger partial charge >= 0.3 is 0 Å². The Morgan fingerprint density at radius 1 is 0.960 bits per heavy atom. The smallest absolute Gasteiger partial charge is 0.246 e. The third-order valence-electron chi connectivity index (χ3n) is 2.91. The predicted octanol–water partition coefficient (Wildman–Crippen LogP) is -0.0909. The summed E-state index contributed by atoms with van der Waals surface area (Å²) < 4.78 is 33.8. The molecule has 148 valence electrons. The third kappa shape index (κ3) is 16.0. The zero-order chi connectivity index (χ0) is 18.9. The van der Waals surface area contributed by atoms with Crippen molar-refractivity contribution in [2.75, 3.05) is 66.4 Å². The number of halogens is 1. The molecular formula is C16H31FN2O6. The first-order valence-corrected chi connectivity index (χ1v) is 8.38. The van der Waals surface area contributed by atoms with Crippen LogP contribution in [0.2, 0.25) is 0 Å². The fourth-order valence-corrected chi connectivity index (χ4v) is 1.57. The molecule has 0 aliphatic heterocycles. The molecule has 0 aromatic carbocycles. The summed E-state index contributed by atoms with van der Waals surface area (Å²) >= 11 is 0. The van der Waals surface area contributed by atoms with Gasteiger partial charge in [0.1, 0.15) is 12.8 Å². The summed E-state index contributed by atoms with van der Waals surface area (Å²) in [6, 6.07) is 0. The Hall–Kier alpha value is -1.29. The number of methoxy groups -OCH3 is 1. The van der Waals surface area contributed by atoms with Crippen LogP contribution in [-0.2, 0) is 28.5 Å². The predicted molar refractivity (Wildman–Crippen MR) is 90.1 cm³/mol. The first kappa shape index (κ1) is 23.7. The van der Waals surface area contributed by atoms with Crippen molar-refractivity contribution in [2.45, 2.75) is 20.0 Å². The number of rotatable bonds is 16. The van der Waals surface area contributed by atoms with Gasteiger partial charge < -0.3 is 29.6 Å². The molecule has 0 saturated carbocycles. The number of carbonyl (C=O) groups is 2. The van der Waals surface area contributed by atoms with Crippen molar-refractivity contribution < 1.29 is 32.9 Å². The average Bonchev–Trinajstić information content (AvgIpc) is 2.57. The molecule has 0 saturated heterocycles. The molecular weight excluding hydrogens is 335 g/mol. The van der Waals surface area contributed by atoms with Gasteiger partial charge in [-0.25, -0.2) is 4.39 Å². The Morgan fingerprint density at radius 2 is 1.56 bits per heavy atom. The number of hydrogen-bond donors (Lipinski definition) is 2. The van der Waals surface area contributed by atoms with E-state index in [9.17, 15) is 14.0 Å². The maximum atomic E-state index is 13.4. The van der Waals surface area contributed by atoms with E-state index in [-0.39, 0.29) is 44.1 Å². The molecule has 1 atom stereocenters. The molecule has 2 N–H and O–H groups in total. The summed E-state index contributed by atoms with van der Waals surface area (Å²) in [5.41, 5.74) is 0. The second-order valence-corrected chi connectivity index (χ2v) is 5.58. The first-order valence-electron chi connectivity index (χ1n) is 8.38. The van der Waals surface area contributed by atoms with Crippen LogP contribution in [0.15, 0.2) is 0 Å². The second kappa shape index (κ2) is 16.2. The molecule has 2 amide bonds. The number of ether oxygens (including phenoxy) is 4. The van der Waals surface area contributed by atoms with Crippen LogP contribution in [0.1, 0.15) is 13.8 Å². The fraction of sp³-hybridized carbons (Fsp3) is 0.875. The molecule has 0 bridgehead atoms. The van der Waals surface area contributed by atoms with Crippen LogP contribution in [0.25, 0.3) is 0 Å². The highest BCUT2D eigenvalue weighted by Gasteiger charge is 2.11. The summed E-state index contributed by atoms with van der Waals surface area (Å²) in [4.78, 5) is 22.3. The van der Waals surface area contributed by atoms with Crippen molar-refractivity contribution in [1.29, 1.82) is 0 Å². The zero-order valence-corrected chi connectivity index (χ0v) is 15.3. The molecule has 0 rings (SSSR count). The minimum Gasteiger partial charge on any atom is -0.377 e. The van der Waals surface area contributed by atoms with Crippen LogP contribution in [0.3, 0.4) is 0 Å². The molecule has 0 fully saturated rings. The molecule has 0 aliphatic rings. The van der Waals surface area contributed by atoms with E-state index in [0.29, 0.717) is 33.0 Å². The molecule has 8 nitrogen and oxygen atoms in total. The van der Waals surface area contributed by atoms with Gasteiger partial charge in [-0.05, 0) is 0 Å². The largest absolute Gasteiger partial charge is 0.377 e. The molecule has 0 radical (unpaired) electrons. The molecule has 0 heterocycles. The Balaban J connectivity index is 3.28. The van der Waals surface area contributed by atoms with E-state index in [1.54, 1.807) is 13.8 Å². The van der Waals surface area contributed by atoms with Gasteiger partial charge in [-0.1, -0.05) is 13.8 Å². The highest BCUT2D eigenvalue weighted by molar-refractivity contribution is 5.77. The Labute approximate surface area is 148 Å². The molecule has 0 spiro atoms. The quantitative estimate of drug-likeness (QED) is 0.371. The normalized spacial score (nSPS) is 12.2. The van der Waals surface area contributed by atoms with E-state index in [2.05, 4.69) is 15.4 Å². The van der Waals surface area contributed by atoms with Crippen molar-refractivity contribution >= 4 is 11.8 Å². The van der Waals surface area contributed by atoms with E-state index in [4.69, 9.17) is 14.2 Å². The van der Waals surface area contributed by atoms with Crippen LogP contribution < -0.4 is 10.6 Å². The minimum atomic E-state index is -1.24. The Kier molecular flexibility index (Phi) is 15.4. The standard InChI is InChI=1S/C16H31FN2O6/c1-13(2)16(21)19-10-14(17)11-25-9-8-24-7-6-23-5-4-18-15(20)12-22-3/h13-14H,4-12H2,1-3H3,(H,18,20)(H,19,21). The highest BCUT2D eigenvalue weighted by atomic mass is 19.1. The van der Waals surface area contributed by atoms with Gasteiger partial charge in [-0.2, -0.15) is 0 Å². The lowest BCUT2D eigenvalue weighted by molar-refractivity contribution is -0.125. The molecule has 0 aromatic heterocycles. The summed E-state index contributed by atoms with van der Waals surface area (Å²) in [5, 5.41) is 5.13. The van der Waals surface area contributed by atoms with Crippen LogP contribution in [0.4, 0.5) is 4.39 Å². The SMILES string of the molecule is COCC(=O)NCCOCCOCCOCC(F)CNC(=O)C(C)C. The van der Waals surface area contributed by atoms with Gasteiger partial charge in [-0.15, -0.1) is 0 Å². The molecule has 9 heteroatoms. The second-order valence-electron chi connectivity index (χ2n) is 5.58. The zero-order valence-electron chi connectivity index (χ0n) is 15.3. The molecule has 0 aliphatic carbocycles. The van der Waals surface area contributed by atoms with Gasteiger partial charge in [0.05, 0.1) is 46.2 Å². The van der Waals surface area contributed by atoms with Crippen molar-refractivity contribution in [3.8, 4) is 0 Å². The van der Waals surface area contributed by atoms with Crippen LogP contribution in [0.5, 0.6) is 0 Å². The van der Waals surface area contributed by atoms with Crippen molar-refractivity contribution in [1.82, 2.24) is 10.6 Å². The van der Waals surface area contributed by atoms with E-state index in [1.165, 1.54) is 7.11 Å². The highest BCUT2D eigenvalue weighted by Crippen LogP contribution is 1.94. The number of carbonyl (C=O) groups excluding carboxylic acids is 2. The minimum absolute atomic E-state index is 0.0347. The Bertz CT molecular complexity index is 358. The van der Waals surface area contributed by atoms with Gasteiger partial charge in [0.15, 0.2) is 0 Å². The van der Waals surface area contributed by atoms with Gasteiger partial charge in [0.2, 0.25) is 11.8 Å². The van der Waals surface area contributed by atoms with Crippen LogP contribution in [-0.4, -0.2) is 84.4 Å². The number of amides is 2.